The van der Waals surface area contributed by atoms with Crippen LogP contribution < -0.4 is 10.6 Å². The summed E-state index contributed by atoms with van der Waals surface area (Å²) >= 11 is 1.97. The van der Waals surface area contributed by atoms with E-state index in [-0.39, 0.29) is 0 Å². The lowest BCUT2D eigenvalue weighted by atomic mass is 10.2. The fraction of sp³-hybridized carbons (Fsp3) is 0.824. The summed E-state index contributed by atoms with van der Waals surface area (Å²) in [6.45, 7) is 6.89. The van der Waals surface area contributed by atoms with Crippen LogP contribution in [0.25, 0.3) is 0 Å². The van der Waals surface area contributed by atoms with Gasteiger partial charge < -0.3 is 19.9 Å². The second-order valence-electron chi connectivity index (χ2n) is 6.38. The maximum absolute atomic E-state index is 5.40. The molecular weight excluding hydrogens is 336 g/mol. The Morgan fingerprint density at radius 1 is 1.40 bits per heavy atom. The highest BCUT2D eigenvalue weighted by molar-refractivity contribution is 7.99. The lowest BCUT2D eigenvalue weighted by Gasteiger charge is -2.18. The van der Waals surface area contributed by atoms with E-state index in [9.17, 15) is 0 Å². The lowest BCUT2D eigenvalue weighted by Crippen LogP contribution is -2.43. The molecule has 142 valence electrons. The molecule has 0 aliphatic heterocycles. The molecule has 0 radical (unpaired) electrons. The third kappa shape index (κ3) is 6.51. The fourth-order valence-electron chi connectivity index (χ4n) is 2.90. The number of nitrogens with zero attached hydrogens (tertiary/aromatic N) is 4. The van der Waals surface area contributed by atoms with E-state index in [0.717, 1.165) is 49.0 Å². The molecule has 2 rings (SSSR count). The van der Waals surface area contributed by atoms with Crippen molar-refractivity contribution < 1.29 is 4.74 Å². The van der Waals surface area contributed by atoms with Crippen molar-refractivity contribution in [3.05, 3.63) is 11.6 Å². The largest absolute Gasteiger partial charge is 0.382 e. The van der Waals surface area contributed by atoms with Crippen LogP contribution in [0.3, 0.4) is 0 Å². The Kier molecular flexibility index (Phi) is 8.54. The molecule has 1 fully saturated rings. The zero-order chi connectivity index (χ0) is 18.1. The number of hydrogen-bond acceptors (Lipinski definition) is 5. The fourth-order valence-corrected chi connectivity index (χ4v) is 3.69. The predicted molar refractivity (Wildman–Crippen MR) is 104 cm³/mol. The Labute approximate surface area is 155 Å². The molecule has 1 aliphatic carbocycles. The van der Waals surface area contributed by atoms with Crippen molar-refractivity contribution in [1.29, 1.82) is 0 Å². The highest BCUT2D eigenvalue weighted by Gasteiger charge is 2.24. The van der Waals surface area contributed by atoms with Crippen molar-refractivity contribution in [3.8, 4) is 0 Å². The third-order valence-corrected chi connectivity index (χ3v) is 5.68. The quantitative estimate of drug-likeness (QED) is 0.394. The van der Waals surface area contributed by atoms with Crippen LogP contribution in [0.5, 0.6) is 0 Å². The molecule has 0 spiro atoms. The summed E-state index contributed by atoms with van der Waals surface area (Å²) in [6, 6.07) is 0.497. The highest BCUT2D eigenvalue weighted by atomic mass is 32.2. The number of aromatic nitrogens is 3. The number of guanidine groups is 1. The maximum Gasteiger partial charge on any atom is 0.191 e. The molecule has 2 N–H and O–H groups in total. The molecule has 1 heterocycles. The summed E-state index contributed by atoms with van der Waals surface area (Å²) < 4.78 is 7.38. The number of rotatable bonds is 9. The molecule has 0 saturated heterocycles. The van der Waals surface area contributed by atoms with E-state index in [4.69, 9.17) is 9.73 Å². The van der Waals surface area contributed by atoms with Gasteiger partial charge in [-0.2, -0.15) is 11.8 Å². The molecule has 0 bridgehead atoms. The standard InChI is InChI=1S/C17H32N6OS/c1-5-24-10-6-9-18-17(20-14-7-8-15(11-14)25-4)19-12-16-22-21-13(2)23(16)3/h14-15H,5-12H2,1-4H3,(H2,18,19,20). The van der Waals surface area contributed by atoms with E-state index < -0.39 is 0 Å². The van der Waals surface area contributed by atoms with Crippen molar-refractivity contribution in [2.24, 2.45) is 12.0 Å². The number of aliphatic imine (C=N–C) groups is 1. The minimum atomic E-state index is 0.497. The Bertz CT molecular complexity index is 547. The molecule has 1 aromatic rings. The summed E-state index contributed by atoms with van der Waals surface area (Å²) in [5, 5.41) is 16.1. The summed E-state index contributed by atoms with van der Waals surface area (Å²) in [6.07, 6.45) is 6.84. The third-order valence-electron chi connectivity index (χ3n) is 4.58. The average molecular weight is 369 g/mol. The van der Waals surface area contributed by atoms with Gasteiger partial charge in [0.2, 0.25) is 0 Å². The zero-order valence-electron chi connectivity index (χ0n) is 15.9. The molecule has 1 aliphatic rings. The SMILES string of the molecule is CCOCCCNC(=NCc1nnc(C)n1C)NC1CCC(SC)C1. The van der Waals surface area contributed by atoms with Gasteiger partial charge in [-0.3, -0.25) is 0 Å². The van der Waals surface area contributed by atoms with Crippen molar-refractivity contribution in [3.63, 3.8) is 0 Å². The summed E-state index contributed by atoms with van der Waals surface area (Å²) in [7, 11) is 1.98. The average Bonchev–Trinajstić information content (AvgIpc) is 3.20. The van der Waals surface area contributed by atoms with Gasteiger partial charge in [-0.1, -0.05) is 0 Å². The molecule has 0 amide bonds. The van der Waals surface area contributed by atoms with Crippen molar-refractivity contribution in [2.75, 3.05) is 26.0 Å². The van der Waals surface area contributed by atoms with Crippen LogP contribution in [0, 0.1) is 6.92 Å². The van der Waals surface area contributed by atoms with Gasteiger partial charge >= 0.3 is 0 Å². The van der Waals surface area contributed by atoms with Gasteiger partial charge in [-0.15, -0.1) is 10.2 Å². The van der Waals surface area contributed by atoms with Gasteiger partial charge in [0.15, 0.2) is 11.8 Å². The molecule has 0 aromatic carbocycles. The van der Waals surface area contributed by atoms with Gasteiger partial charge in [-0.05, 0) is 45.8 Å². The molecule has 8 heteroatoms. The zero-order valence-corrected chi connectivity index (χ0v) is 16.7. The van der Waals surface area contributed by atoms with Crippen molar-refractivity contribution in [2.45, 2.75) is 57.4 Å². The topological polar surface area (TPSA) is 76.4 Å². The molecule has 2 unspecified atom stereocenters. The van der Waals surface area contributed by atoms with E-state index in [2.05, 4.69) is 27.1 Å². The van der Waals surface area contributed by atoms with Crippen LogP contribution in [0.1, 0.15) is 44.3 Å². The van der Waals surface area contributed by atoms with E-state index in [0.29, 0.717) is 12.6 Å². The van der Waals surface area contributed by atoms with E-state index in [1.807, 2.05) is 37.2 Å². The first-order valence-electron chi connectivity index (χ1n) is 9.14. The van der Waals surface area contributed by atoms with Crippen LogP contribution in [0.2, 0.25) is 0 Å². The molecule has 1 saturated carbocycles. The lowest BCUT2D eigenvalue weighted by molar-refractivity contribution is 0.145. The summed E-state index contributed by atoms with van der Waals surface area (Å²) in [4.78, 5) is 4.72. The predicted octanol–water partition coefficient (Wildman–Crippen LogP) is 1.87. The summed E-state index contributed by atoms with van der Waals surface area (Å²) in [5.74, 6) is 2.65. The van der Waals surface area contributed by atoms with E-state index >= 15 is 0 Å². The Morgan fingerprint density at radius 3 is 2.88 bits per heavy atom. The number of hydrogen-bond donors (Lipinski definition) is 2. The first-order chi connectivity index (χ1) is 12.1. The van der Waals surface area contributed by atoms with Gasteiger partial charge in [-0.25, -0.2) is 4.99 Å². The smallest absolute Gasteiger partial charge is 0.191 e. The van der Waals surface area contributed by atoms with E-state index in [1.54, 1.807) is 0 Å². The summed E-state index contributed by atoms with van der Waals surface area (Å²) in [5.41, 5.74) is 0. The normalized spacial score (nSPS) is 20.9. The van der Waals surface area contributed by atoms with Gasteiger partial charge in [0, 0.05) is 38.1 Å². The van der Waals surface area contributed by atoms with Crippen LogP contribution in [-0.2, 0) is 18.3 Å². The maximum atomic E-state index is 5.40. The monoisotopic (exact) mass is 368 g/mol. The molecule has 1 aromatic heterocycles. The van der Waals surface area contributed by atoms with Crippen LogP contribution >= 0.6 is 11.8 Å². The highest BCUT2D eigenvalue weighted by Crippen LogP contribution is 2.28. The van der Waals surface area contributed by atoms with Gasteiger partial charge in [0.05, 0.1) is 0 Å². The van der Waals surface area contributed by atoms with Crippen LogP contribution in [-0.4, -0.2) is 58.0 Å². The first kappa shape index (κ1) is 20.0. The van der Waals surface area contributed by atoms with E-state index in [1.165, 1.54) is 19.3 Å². The number of ether oxygens (including phenoxy) is 1. The molecular formula is C17H32N6OS. The molecule has 25 heavy (non-hydrogen) atoms. The number of aryl methyl sites for hydroxylation is 1. The first-order valence-corrected chi connectivity index (χ1v) is 10.4. The number of nitrogens with one attached hydrogen (secondary N) is 2. The minimum Gasteiger partial charge on any atom is -0.382 e. The van der Waals surface area contributed by atoms with Crippen LogP contribution in [0.15, 0.2) is 4.99 Å². The second-order valence-corrected chi connectivity index (χ2v) is 7.51. The van der Waals surface area contributed by atoms with Crippen molar-refractivity contribution in [1.82, 2.24) is 25.4 Å². The van der Waals surface area contributed by atoms with Crippen molar-refractivity contribution >= 4 is 17.7 Å². The Balaban J connectivity index is 1.90. The van der Waals surface area contributed by atoms with Gasteiger partial charge in [0.25, 0.3) is 0 Å². The molecule has 2 atom stereocenters. The number of thioether (sulfide) groups is 1. The Hall–Kier alpha value is -1.28. The molecule has 7 nitrogen and oxygen atoms in total. The second kappa shape index (κ2) is 10.7. The Morgan fingerprint density at radius 2 is 2.24 bits per heavy atom. The van der Waals surface area contributed by atoms with Crippen LogP contribution in [0.4, 0.5) is 0 Å². The van der Waals surface area contributed by atoms with Gasteiger partial charge in [0.1, 0.15) is 12.4 Å². The minimum absolute atomic E-state index is 0.497.